The first kappa shape index (κ1) is 18.7. The Morgan fingerprint density at radius 2 is 1.56 bits per heavy atom. The first-order valence-electron chi connectivity index (χ1n) is 7.63. The predicted octanol–water partition coefficient (Wildman–Crippen LogP) is 2.15. The summed E-state index contributed by atoms with van der Waals surface area (Å²) in [7, 11) is 3.04. The van der Waals surface area contributed by atoms with Crippen LogP contribution in [0.25, 0.3) is 0 Å². The Hall–Kier alpha value is -2.67. The molecule has 2 aromatic carbocycles. The van der Waals surface area contributed by atoms with E-state index in [0.29, 0.717) is 40.6 Å². The first-order chi connectivity index (χ1) is 12.1. The van der Waals surface area contributed by atoms with E-state index < -0.39 is 0 Å². The topological polar surface area (TPSA) is 76.7 Å². The van der Waals surface area contributed by atoms with Crippen molar-refractivity contribution in [2.75, 3.05) is 27.3 Å². The van der Waals surface area contributed by atoms with Crippen molar-refractivity contribution in [3.05, 3.63) is 53.6 Å². The summed E-state index contributed by atoms with van der Waals surface area (Å²) in [5.41, 5.74) is 0.946. The van der Waals surface area contributed by atoms with Gasteiger partial charge in [-0.2, -0.15) is 0 Å². The molecule has 0 heterocycles. The van der Waals surface area contributed by atoms with Crippen LogP contribution in [0.2, 0.25) is 0 Å². The SMILES string of the molecule is COc1ccc(C(=O)NCCNC(=O)c2ccccc2S)cc1OC. The van der Waals surface area contributed by atoms with E-state index in [1.54, 1.807) is 36.4 Å². The normalized spacial score (nSPS) is 10.0. The quantitative estimate of drug-likeness (QED) is 0.522. The molecule has 0 radical (unpaired) electrons. The van der Waals surface area contributed by atoms with E-state index in [-0.39, 0.29) is 11.8 Å². The Labute approximate surface area is 151 Å². The van der Waals surface area contributed by atoms with Crippen molar-refractivity contribution in [3.8, 4) is 11.5 Å². The molecule has 6 nitrogen and oxygen atoms in total. The highest BCUT2D eigenvalue weighted by molar-refractivity contribution is 7.80. The number of amides is 2. The van der Waals surface area contributed by atoms with Gasteiger partial charge in [0.1, 0.15) is 0 Å². The Bertz CT molecular complexity index is 764. The minimum atomic E-state index is -0.259. The number of hydrogen-bond donors (Lipinski definition) is 3. The number of carbonyl (C=O) groups excluding carboxylic acids is 2. The predicted molar refractivity (Wildman–Crippen MR) is 97.9 cm³/mol. The average molecular weight is 360 g/mol. The number of nitrogens with one attached hydrogen (secondary N) is 2. The maximum Gasteiger partial charge on any atom is 0.252 e. The van der Waals surface area contributed by atoms with Crippen LogP contribution in [-0.2, 0) is 0 Å². The van der Waals surface area contributed by atoms with Crippen molar-refractivity contribution in [2.45, 2.75) is 4.90 Å². The van der Waals surface area contributed by atoms with Gasteiger partial charge in [-0.3, -0.25) is 9.59 Å². The van der Waals surface area contributed by atoms with Crippen LogP contribution in [0.1, 0.15) is 20.7 Å². The maximum absolute atomic E-state index is 12.1. The second kappa shape index (κ2) is 8.98. The van der Waals surface area contributed by atoms with Gasteiger partial charge in [-0.15, -0.1) is 12.6 Å². The largest absolute Gasteiger partial charge is 0.493 e. The molecular weight excluding hydrogens is 340 g/mol. The Morgan fingerprint density at radius 1 is 0.920 bits per heavy atom. The van der Waals surface area contributed by atoms with E-state index in [1.807, 2.05) is 6.07 Å². The smallest absolute Gasteiger partial charge is 0.252 e. The van der Waals surface area contributed by atoms with Crippen molar-refractivity contribution in [2.24, 2.45) is 0 Å². The van der Waals surface area contributed by atoms with Crippen molar-refractivity contribution < 1.29 is 19.1 Å². The summed E-state index contributed by atoms with van der Waals surface area (Å²) < 4.78 is 10.3. The van der Waals surface area contributed by atoms with Crippen LogP contribution in [0.4, 0.5) is 0 Å². The molecule has 2 amide bonds. The molecule has 0 fully saturated rings. The number of carbonyl (C=O) groups is 2. The van der Waals surface area contributed by atoms with Gasteiger partial charge in [0, 0.05) is 23.5 Å². The molecule has 0 aromatic heterocycles. The summed E-state index contributed by atoms with van der Waals surface area (Å²) in [5, 5.41) is 5.48. The lowest BCUT2D eigenvalue weighted by Gasteiger charge is -2.11. The number of rotatable bonds is 7. The van der Waals surface area contributed by atoms with E-state index in [2.05, 4.69) is 23.3 Å². The third-order valence-corrected chi connectivity index (χ3v) is 3.88. The zero-order chi connectivity index (χ0) is 18.2. The summed E-state index contributed by atoms with van der Waals surface area (Å²) in [5.74, 6) is 0.543. The lowest BCUT2D eigenvalue weighted by atomic mass is 10.2. The minimum absolute atomic E-state index is 0.231. The lowest BCUT2D eigenvalue weighted by molar-refractivity contribution is 0.0926. The number of hydrogen-bond acceptors (Lipinski definition) is 5. The number of benzene rings is 2. The Balaban J connectivity index is 1.85. The van der Waals surface area contributed by atoms with Crippen molar-refractivity contribution in [1.82, 2.24) is 10.6 Å². The van der Waals surface area contributed by atoms with Crippen LogP contribution in [0.15, 0.2) is 47.4 Å². The number of thiol groups is 1. The molecule has 7 heteroatoms. The van der Waals surface area contributed by atoms with Crippen LogP contribution in [0.5, 0.6) is 11.5 Å². The minimum Gasteiger partial charge on any atom is -0.493 e. The van der Waals surface area contributed by atoms with Crippen molar-refractivity contribution in [3.63, 3.8) is 0 Å². The molecule has 0 saturated heterocycles. The second-order valence-electron chi connectivity index (χ2n) is 5.10. The fourth-order valence-corrected chi connectivity index (χ4v) is 2.45. The Morgan fingerprint density at radius 3 is 2.20 bits per heavy atom. The van der Waals surface area contributed by atoms with Gasteiger partial charge in [0.05, 0.1) is 19.8 Å². The summed E-state index contributed by atoms with van der Waals surface area (Å²) >= 11 is 4.24. The fourth-order valence-electron chi connectivity index (χ4n) is 2.19. The van der Waals surface area contributed by atoms with E-state index in [9.17, 15) is 9.59 Å². The molecule has 0 aliphatic heterocycles. The van der Waals surface area contributed by atoms with Crippen molar-refractivity contribution >= 4 is 24.4 Å². The molecular formula is C18H20N2O4S. The van der Waals surface area contributed by atoms with E-state index in [4.69, 9.17) is 9.47 Å². The van der Waals surface area contributed by atoms with Crippen LogP contribution >= 0.6 is 12.6 Å². The molecule has 2 rings (SSSR count). The Kier molecular flexibility index (Phi) is 6.71. The molecule has 25 heavy (non-hydrogen) atoms. The highest BCUT2D eigenvalue weighted by Gasteiger charge is 2.11. The fraction of sp³-hybridized carbons (Fsp3) is 0.222. The second-order valence-corrected chi connectivity index (χ2v) is 5.58. The lowest BCUT2D eigenvalue weighted by Crippen LogP contribution is -2.34. The maximum atomic E-state index is 12.1. The molecule has 0 saturated carbocycles. The van der Waals surface area contributed by atoms with Crippen molar-refractivity contribution in [1.29, 1.82) is 0 Å². The van der Waals surface area contributed by atoms with Gasteiger partial charge in [-0.1, -0.05) is 12.1 Å². The molecule has 2 N–H and O–H groups in total. The molecule has 0 atom stereocenters. The third kappa shape index (κ3) is 4.90. The van der Waals surface area contributed by atoms with E-state index in [1.165, 1.54) is 14.2 Å². The van der Waals surface area contributed by atoms with E-state index >= 15 is 0 Å². The molecule has 0 spiro atoms. The van der Waals surface area contributed by atoms with Gasteiger partial charge in [0.25, 0.3) is 11.8 Å². The van der Waals surface area contributed by atoms with Crippen LogP contribution < -0.4 is 20.1 Å². The van der Waals surface area contributed by atoms with Gasteiger partial charge < -0.3 is 20.1 Å². The highest BCUT2D eigenvalue weighted by atomic mass is 32.1. The van der Waals surface area contributed by atoms with Crippen LogP contribution in [0.3, 0.4) is 0 Å². The van der Waals surface area contributed by atoms with Gasteiger partial charge in [0.15, 0.2) is 11.5 Å². The van der Waals surface area contributed by atoms with Crippen LogP contribution in [0, 0.1) is 0 Å². The molecule has 0 bridgehead atoms. The van der Waals surface area contributed by atoms with E-state index in [0.717, 1.165) is 0 Å². The molecule has 0 unspecified atom stereocenters. The zero-order valence-electron chi connectivity index (χ0n) is 14.0. The van der Waals surface area contributed by atoms with Gasteiger partial charge in [-0.05, 0) is 30.3 Å². The first-order valence-corrected chi connectivity index (χ1v) is 8.08. The summed E-state index contributed by atoms with van der Waals surface area (Å²) in [6.07, 6.45) is 0. The van der Waals surface area contributed by atoms with Crippen LogP contribution in [-0.4, -0.2) is 39.1 Å². The molecule has 0 aliphatic rings. The molecule has 2 aromatic rings. The average Bonchev–Trinajstić information content (AvgIpc) is 2.64. The standard InChI is InChI=1S/C18H20N2O4S/c1-23-14-8-7-12(11-15(14)24-2)17(21)19-9-10-20-18(22)13-5-3-4-6-16(13)25/h3-8,11,25H,9-10H2,1-2H3,(H,19,21)(H,20,22). The zero-order valence-corrected chi connectivity index (χ0v) is 14.9. The van der Waals surface area contributed by atoms with Gasteiger partial charge in [0.2, 0.25) is 0 Å². The highest BCUT2D eigenvalue weighted by Crippen LogP contribution is 2.27. The number of ether oxygens (including phenoxy) is 2. The monoisotopic (exact) mass is 360 g/mol. The summed E-state index contributed by atoms with van der Waals surface area (Å²) in [6.45, 7) is 0.605. The third-order valence-electron chi connectivity index (χ3n) is 3.49. The summed E-state index contributed by atoms with van der Waals surface area (Å²) in [6, 6.07) is 11.9. The molecule has 0 aliphatic carbocycles. The summed E-state index contributed by atoms with van der Waals surface area (Å²) in [4.78, 5) is 24.8. The molecule has 132 valence electrons. The number of methoxy groups -OCH3 is 2. The van der Waals surface area contributed by atoms with Gasteiger partial charge >= 0.3 is 0 Å². The van der Waals surface area contributed by atoms with Gasteiger partial charge in [-0.25, -0.2) is 0 Å².